The van der Waals surface area contributed by atoms with E-state index in [1.165, 1.54) is 12.1 Å². The number of amides is 2. The third-order valence-corrected chi connectivity index (χ3v) is 8.67. The second kappa shape index (κ2) is 10.2. The van der Waals surface area contributed by atoms with Gasteiger partial charge in [-0.1, -0.05) is 27.2 Å². The van der Waals surface area contributed by atoms with Crippen molar-refractivity contribution in [2.24, 2.45) is 5.41 Å². The zero-order valence-electron chi connectivity index (χ0n) is 24.4. The fourth-order valence-electron chi connectivity index (χ4n) is 5.96. The summed E-state index contributed by atoms with van der Waals surface area (Å²) in [5.41, 5.74) is 1.46. The molecule has 1 aliphatic heterocycles. The molecular formula is C31H38FN5O4. The van der Waals surface area contributed by atoms with Crippen LogP contribution in [-0.2, 0) is 15.0 Å². The highest BCUT2D eigenvalue weighted by Crippen LogP contribution is 2.45. The molecule has 0 atom stereocenters. The fourth-order valence-corrected chi connectivity index (χ4v) is 5.96. The van der Waals surface area contributed by atoms with E-state index in [1.54, 1.807) is 32.6 Å². The highest BCUT2D eigenvalue weighted by Gasteiger charge is 2.45. The van der Waals surface area contributed by atoms with Gasteiger partial charge in [0, 0.05) is 37.2 Å². The summed E-state index contributed by atoms with van der Waals surface area (Å²) in [6.45, 7) is 11.1. The molecule has 0 spiro atoms. The summed E-state index contributed by atoms with van der Waals surface area (Å²) < 4.78 is 15.2. The molecule has 0 bridgehead atoms. The van der Waals surface area contributed by atoms with Crippen molar-refractivity contribution in [1.29, 1.82) is 0 Å². The average molecular weight is 564 g/mol. The second-order valence-electron chi connectivity index (χ2n) is 13.1. The molecule has 9 nitrogen and oxygen atoms in total. The van der Waals surface area contributed by atoms with Crippen molar-refractivity contribution in [3.8, 4) is 11.3 Å². The molecule has 2 aromatic heterocycles. The zero-order valence-corrected chi connectivity index (χ0v) is 24.4. The van der Waals surface area contributed by atoms with Crippen LogP contribution < -0.4 is 0 Å². The Morgan fingerprint density at radius 3 is 2.32 bits per heavy atom. The van der Waals surface area contributed by atoms with E-state index in [2.05, 4.69) is 20.8 Å². The Balaban J connectivity index is 1.36. The molecule has 1 N–H and O–H groups in total. The molecule has 1 aliphatic carbocycles. The number of benzene rings is 1. The van der Waals surface area contributed by atoms with Gasteiger partial charge in [0.2, 0.25) is 5.91 Å². The highest BCUT2D eigenvalue weighted by atomic mass is 19.1. The van der Waals surface area contributed by atoms with Gasteiger partial charge in [-0.05, 0) is 68.9 Å². The molecule has 1 saturated heterocycles. The van der Waals surface area contributed by atoms with Gasteiger partial charge in [0.15, 0.2) is 5.65 Å². The van der Waals surface area contributed by atoms with Crippen LogP contribution in [0.3, 0.4) is 0 Å². The Bertz CT molecular complexity index is 1500. The number of nitrogens with zero attached hydrogens (tertiary/aromatic N) is 5. The van der Waals surface area contributed by atoms with Crippen LogP contribution in [0.25, 0.3) is 16.9 Å². The molecule has 0 unspecified atom stereocenters. The summed E-state index contributed by atoms with van der Waals surface area (Å²) in [7, 11) is 0. The number of imidazole rings is 1. The summed E-state index contributed by atoms with van der Waals surface area (Å²) >= 11 is 0. The molecule has 5 rings (SSSR count). The van der Waals surface area contributed by atoms with Crippen molar-refractivity contribution in [3.63, 3.8) is 0 Å². The number of carbonyl (C=O) groups is 3. The molecule has 2 fully saturated rings. The van der Waals surface area contributed by atoms with E-state index in [1.807, 2.05) is 19.9 Å². The van der Waals surface area contributed by atoms with Crippen LogP contribution in [0.1, 0.15) is 82.8 Å². The number of rotatable bonds is 6. The molecule has 3 heterocycles. The maximum atomic E-state index is 13.8. The molecule has 10 heteroatoms. The van der Waals surface area contributed by atoms with E-state index in [4.69, 9.17) is 10.1 Å². The van der Waals surface area contributed by atoms with E-state index < -0.39 is 16.9 Å². The highest BCUT2D eigenvalue weighted by molar-refractivity contribution is 5.94. The summed E-state index contributed by atoms with van der Waals surface area (Å²) in [6.07, 6.45) is 4.32. The third-order valence-electron chi connectivity index (χ3n) is 8.67. The van der Waals surface area contributed by atoms with Gasteiger partial charge in [-0.2, -0.15) is 5.10 Å². The van der Waals surface area contributed by atoms with Crippen molar-refractivity contribution in [2.75, 3.05) is 19.6 Å². The maximum absolute atomic E-state index is 13.8. The van der Waals surface area contributed by atoms with Crippen LogP contribution in [0.2, 0.25) is 0 Å². The first-order valence-electron chi connectivity index (χ1n) is 14.2. The summed E-state index contributed by atoms with van der Waals surface area (Å²) in [5, 5.41) is 14.3. The first-order chi connectivity index (χ1) is 19.2. The number of aliphatic carboxylic acids is 1. The SMILES string of the molecule is CC(C)(C)c1cc(-c2ccc(F)cc2)nn2cc(C(=O)N3CCN(C(=O)CCC4(C(=O)O)CCC4)CC3(C)C)nc12. The minimum Gasteiger partial charge on any atom is -0.481 e. The standard InChI is InChI=1S/C31H38FN5O4/c1-29(2,3)22-17-23(20-7-9-21(32)10-8-20)34-37-18-24(33-26(22)37)27(39)36-16-15-35(19-30(36,4)5)25(38)11-14-31(28(40)41)12-6-13-31/h7-10,17-18H,6,11-16,19H2,1-5H3,(H,40,41). The first-order valence-corrected chi connectivity index (χ1v) is 14.2. The molecule has 0 radical (unpaired) electrons. The Kier molecular flexibility index (Phi) is 7.16. The lowest BCUT2D eigenvalue weighted by Gasteiger charge is -2.47. The summed E-state index contributed by atoms with van der Waals surface area (Å²) in [5.74, 6) is -1.45. The molecule has 41 heavy (non-hydrogen) atoms. The largest absolute Gasteiger partial charge is 0.481 e. The molecule has 3 aromatic rings. The number of hydrogen-bond donors (Lipinski definition) is 1. The predicted molar refractivity (Wildman–Crippen MR) is 152 cm³/mol. The number of aromatic nitrogens is 3. The number of carbonyl (C=O) groups excluding carboxylic acids is 2. The molecular weight excluding hydrogens is 525 g/mol. The summed E-state index contributed by atoms with van der Waals surface area (Å²) in [6, 6.07) is 8.08. The van der Waals surface area contributed by atoms with Crippen LogP contribution in [-0.4, -0.2) is 72.5 Å². The quantitative estimate of drug-likeness (QED) is 0.456. The molecule has 2 amide bonds. The number of halogens is 1. The van der Waals surface area contributed by atoms with E-state index >= 15 is 0 Å². The van der Waals surface area contributed by atoms with Crippen molar-refractivity contribution in [2.45, 2.75) is 77.7 Å². The normalized spacial score (nSPS) is 18.3. The Hall–Kier alpha value is -3.82. The number of fused-ring (bicyclic) bond motifs is 1. The van der Waals surface area contributed by atoms with Gasteiger partial charge < -0.3 is 14.9 Å². The van der Waals surface area contributed by atoms with Gasteiger partial charge in [-0.15, -0.1) is 0 Å². The Labute approximate surface area is 239 Å². The van der Waals surface area contributed by atoms with Gasteiger partial charge in [-0.25, -0.2) is 13.9 Å². The smallest absolute Gasteiger partial charge is 0.309 e. The minimum absolute atomic E-state index is 0.0715. The number of carboxylic acids is 1. The monoisotopic (exact) mass is 563 g/mol. The van der Waals surface area contributed by atoms with Gasteiger partial charge >= 0.3 is 5.97 Å². The van der Waals surface area contributed by atoms with Gasteiger partial charge in [0.25, 0.3) is 5.91 Å². The Morgan fingerprint density at radius 1 is 1.07 bits per heavy atom. The van der Waals surface area contributed by atoms with Gasteiger partial charge in [-0.3, -0.25) is 14.4 Å². The minimum atomic E-state index is -0.811. The van der Waals surface area contributed by atoms with Crippen LogP contribution >= 0.6 is 0 Å². The molecule has 1 saturated carbocycles. The van der Waals surface area contributed by atoms with Gasteiger partial charge in [0.1, 0.15) is 11.5 Å². The number of carboxylic acid groups (broad SMARTS) is 1. The van der Waals surface area contributed by atoms with Crippen LogP contribution in [0.4, 0.5) is 4.39 Å². The first kappa shape index (κ1) is 28.7. The molecule has 2 aliphatic rings. The van der Waals surface area contributed by atoms with Gasteiger partial charge in [0.05, 0.1) is 22.8 Å². The zero-order chi connectivity index (χ0) is 29.7. The lowest BCUT2D eigenvalue weighted by atomic mass is 9.66. The van der Waals surface area contributed by atoms with Crippen LogP contribution in [0.5, 0.6) is 0 Å². The number of hydrogen-bond acceptors (Lipinski definition) is 5. The van der Waals surface area contributed by atoms with Crippen molar-refractivity contribution in [1.82, 2.24) is 24.4 Å². The second-order valence-corrected chi connectivity index (χ2v) is 13.1. The lowest BCUT2D eigenvalue weighted by Crippen LogP contribution is -2.62. The Morgan fingerprint density at radius 2 is 1.76 bits per heavy atom. The van der Waals surface area contributed by atoms with Crippen molar-refractivity contribution in [3.05, 3.63) is 53.6 Å². The van der Waals surface area contributed by atoms with E-state index in [0.29, 0.717) is 50.2 Å². The summed E-state index contributed by atoms with van der Waals surface area (Å²) in [4.78, 5) is 46.8. The average Bonchev–Trinajstić information content (AvgIpc) is 3.30. The topological polar surface area (TPSA) is 108 Å². The van der Waals surface area contributed by atoms with Crippen LogP contribution in [0.15, 0.2) is 36.5 Å². The predicted octanol–water partition coefficient (Wildman–Crippen LogP) is 4.93. The van der Waals surface area contributed by atoms with E-state index in [9.17, 15) is 23.9 Å². The van der Waals surface area contributed by atoms with Crippen molar-refractivity contribution < 1.29 is 23.9 Å². The lowest BCUT2D eigenvalue weighted by molar-refractivity contribution is -0.156. The maximum Gasteiger partial charge on any atom is 0.309 e. The number of piperazine rings is 1. The van der Waals surface area contributed by atoms with E-state index in [-0.39, 0.29) is 35.2 Å². The molecule has 1 aromatic carbocycles. The van der Waals surface area contributed by atoms with Crippen LogP contribution in [0, 0.1) is 11.2 Å². The van der Waals surface area contributed by atoms with Crippen molar-refractivity contribution >= 4 is 23.4 Å². The third kappa shape index (κ3) is 5.44. The van der Waals surface area contributed by atoms with E-state index in [0.717, 1.165) is 17.5 Å². The molecule has 218 valence electrons. The fraction of sp³-hybridized carbons (Fsp3) is 0.516.